The first-order chi connectivity index (χ1) is 13.0. The molecular weight excluding hydrogens is 389 g/mol. The molecule has 2 amide bonds. The number of hydrogen-bond acceptors (Lipinski definition) is 4. The van der Waals surface area contributed by atoms with Crippen molar-refractivity contribution >= 4 is 35.0 Å². The van der Waals surface area contributed by atoms with Gasteiger partial charge in [-0.15, -0.1) is 0 Å². The van der Waals surface area contributed by atoms with Crippen molar-refractivity contribution in [2.75, 3.05) is 6.54 Å². The largest absolute Gasteiger partial charge is 0.459 e. The van der Waals surface area contributed by atoms with Crippen LogP contribution in [0.5, 0.6) is 0 Å². The van der Waals surface area contributed by atoms with Gasteiger partial charge in [0.15, 0.2) is 0 Å². The third-order valence-corrected chi connectivity index (χ3v) is 4.10. The predicted octanol–water partition coefficient (Wildman–Crippen LogP) is 3.69. The zero-order valence-corrected chi connectivity index (χ0v) is 15.6. The fourth-order valence-corrected chi connectivity index (χ4v) is 2.56. The van der Waals surface area contributed by atoms with E-state index in [0.29, 0.717) is 21.6 Å². The summed E-state index contributed by atoms with van der Waals surface area (Å²) in [6.45, 7) is 0.0233. The second-order valence-electron chi connectivity index (χ2n) is 5.59. The summed E-state index contributed by atoms with van der Waals surface area (Å²) < 4.78 is 5.70. The first kappa shape index (κ1) is 18.9. The van der Waals surface area contributed by atoms with E-state index < -0.39 is 5.91 Å². The van der Waals surface area contributed by atoms with Crippen molar-refractivity contribution in [3.05, 3.63) is 76.2 Å². The molecule has 2 heterocycles. The van der Waals surface area contributed by atoms with E-state index in [-0.39, 0.29) is 24.7 Å². The number of nitrogens with zero attached hydrogens (tertiary/aromatic N) is 1. The van der Waals surface area contributed by atoms with E-state index in [1.54, 1.807) is 24.3 Å². The zero-order chi connectivity index (χ0) is 19.2. The Kier molecular flexibility index (Phi) is 6.11. The molecular formula is C19H15Cl2N3O3. The summed E-state index contributed by atoms with van der Waals surface area (Å²) in [5.74, 6) is 0.442. The molecule has 0 unspecified atom stereocenters. The van der Waals surface area contributed by atoms with Crippen molar-refractivity contribution in [2.45, 2.75) is 6.54 Å². The van der Waals surface area contributed by atoms with Gasteiger partial charge in [-0.3, -0.25) is 14.6 Å². The molecule has 138 valence electrons. The number of amides is 2. The number of pyridine rings is 1. The topological polar surface area (TPSA) is 84.2 Å². The number of furan rings is 1. The van der Waals surface area contributed by atoms with Crippen LogP contribution in [0, 0.1) is 0 Å². The lowest BCUT2D eigenvalue weighted by atomic mass is 10.2. The minimum Gasteiger partial charge on any atom is -0.459 e. The number of carbonyl (C=O) groups is 2. The van der Waals surface area contributed by atoms with Crippen LogP contribution in [-0.4, -0.2) is 23.3 Å². The molecule has 0 fully saturated rings. The number of rotatable bonds is 6. The summed E-state index contributed by atoms with van der Waals surface area (Å²) in [7, 11) is 0. The Hall–Kier alpha value is -2.83. The van der Waals surface area contributed by atoms with Crippen molar-refractivity contribution in [2.24, 2.45) is 0 Å². The molecule has 0 aliphatic heterocycles. The summed E-state index contributed by atoms with van der Waals surface area (Å²) in [6, 6.07) is 13.8. The lowest BCUT2D eigenvalue weighted by Gasteiger charge is -2.06. The lowest BCUT2D eigenvalue weighted by Crippen LogP contribution is -2.36. The van der Waals surface area contributed by atoms with Crippen LogP contribution >= 0.6 is 23.2 Å². The van der Waals surface area contributed by atoms with Crippen molar-refractivity contribution in [3.8, 4) is 11.3 Å². The minimum absolute atomic E-state index is 0.147. The fourth-order valence-electron chi connectivity index (χ4n) is 2.27. The normalized spacial score (nSPS) is 10.4. The molecule has 2 N–H and O–H groups in total. The second kappa shape index (κ2) is 8.70. The van der Waals surface area contributed by atoms with Crippen LogP contribution in [0.25, 0.3) is 11.3 Å². The van der Waals surface area contributed by atoms with Crippen molar-refractivity contribution in [1.82, 2.24) is 15.6 Å². The van der Waals surface area contributed by atoms with Gasteiger partial charge in [-0.05, 0) is 48.5 Å². The molecule has 3 aromatic rings. The van der Waals surface area contributed by atoms with Gasteiger partial charge >= 0.3 is 0 Å². The molecule has 3 rings (SSSR count). The molecule has 27 heavy (non-hydrogen) atoms. The van der Waals surface area contributed by atoms with Crippen LogP contribution in [-0.2, 0) is 11.3 Å². The predicted molar refractivity (Wildman–Crippen MR) is 103 cm³/mol. The van der Waals surface area contributed by atoms with Gasteiger partial charge in [-0.2, -0.15) is 0 Å². The zero-order valence-electron chi connectivity index (χ0n) is 14.0. The van der Waals surface area contributed by atoms with Crippen LogP contribution in [0.2, 0.25) is 10.0 Å². The van der Waals surface area contributed by atoms with Gasteiger partial charge < -0.3 is 15.1 Å². The van der Waals surface area contributed by atoms with E-state index >= 15 is 0 Å². The van der Waals surface area contributed by atoms with Gasteiger partial charge in [-0.1, -0.05) is 23.2 Å². The number of carbonyl (C=O) groups excluding carboxylic acids is 2. The van der Waals surface area contributed by atoms with E-state index in [4.69, 9.17) is 27.6 Å². The SMILES string of the molecule is O=C(CNC(=O)c1cc(Cl)ccn1)NCc1ccc(-c2ccc(Cl)cc2)o1. The van der Waals surface area contributed by atoms with E-state index in [0.717, 1.165) is 5.56 Å². The van der Waals surface area contributed by atoms with Gasteiger partial charge in [0, 0.05) is 21.8 Å². The molecule has 0 spiro atoms. The molecule has 2 aromatic heterocycles. The maximum atomic E-state index is 11.9. The summed E-state index contributed by atoms with van der Waals surface area (Å²) >= 11 is 11.7. The molecule has 0 bridgehead atoms. The summed E-state index contributed by atoms with van der Waals surface area (Å²) in [4.78, 5) is 27.7. The summed E-state index contributed by atoms with van der Waals surface area (Å²) in [5.41, 5.74) is 1.03. The number of halogens is 2. The molecule has 0 radical (unpaired) electrons. The van der Waals surface area contributed by atoms with Crippen LogP contribution in [0.4, 0.5) is 0 Å². The highest BCUT2D eigenvalue weighted by Crippen LogP contribution is 2.23. The maximum absolute atomic E-state index is 11.9. The van der Waals surface area contributed by atoms with E-state index in [2.05, 4.69) is 15.6 Å². The van der Waals surface area contributed by atoms with Gasteiger partial charge in [0.25, 0.3) is 5.91 Å². The third-order valence-electron chi connectivity index (χ3n) is 3.61. The first-order valence-corrected chi connectivity index (χ1v) is 8.78. The van der Waals surface area contributed by atoms with Gasteiger partial charge in [0.2, 0.25) is 5.91 Å². The van der Waals surface area contributed by atoms with Gasteiger partial charge in [0.1, 0.15) is 17.2 Å². The Morgan fingerprint density at radius 3 is 2.48 bits per heavy atom. The van der Waals surface area contributed by atoms with E-state index in [1.807, 2.05) is 18.2 Å². The number of aromatic nitrogens is 1. The van der Waals surface area contributed by atoms with Gasteiger partial charge in [-0.25, -0.2) is 0 Å². The average Bonchev–Trinajstić information content (AvgIpc) is 3.14. The Bertz CT molecular complexity index is 955. The molecule has 0 aliphatic carbocycles. The van der Waals surface area contributed by atoms with E-state index in [9.17, 15) is 9.59 Å². The summed E-state index contributed by atoms with van der Waals surface area (Å²) in [5, 5.41) is 6.20. The van der Waals surface area contributed by atoms with Gasteiger partial charge in [0.05, 0.1) is 13.1 Å². The first-order valence-electron chi connectivity index (χ1n) is 8.02. The second-order valence-corrected chi connectivity index (χ2v) is 6.46. The maximum Gasteiger partial charge on any atom is 0.270 e. The molecule has 6 nitrogen and oxygen atoms in total. The highest BCUT2D eigenvalue weighted by molar-refractivity contribution is 6.31. The van der Waals surface area contributed by atoms with Crippen molar-refractivity contribution < 1.29 is 14.0 Å². The van der Waals surface area contributed by atoms with E-state index in [1.165, 1.54) is 12.3 Å². The van der Waals surface area contributed by atoms with Crippen LogP contribution < -0.4 is 10.6 Å². The molecule has 0 saturated carbocycles. The molecule has 0 atom stereocenters. The quantitative estimate of drug-likeness (QED) is 0.656. The van der Waals surface area contributed by atoms with Crippen molar-refractivity contribution in [1.29, 1.82) is 0 Å². The Morgan fingerprint density at radius 1 is 0.963 bits per heavy atom. The summed E-state index contributed by atoms with van der Waals surface area (Å²) in [6.07, 6.45) is 1.42. The molecule has 0 saturated heterocycles. The Morgan fingerprint density at radius 2 is 1.74 bits per heavy atom. The smallest absolute Gasteiger partial charge is 0.270 e. The van der Waals surface area contributed by atoms with Crippen LogP contribution in [0.3, 0.4) is 0 Å². The number of hydrogen-bond donors (Lipinski definition) is 2. The monoisotopic (exact) mass is 403 g/mol. The number of nitrogens with one attached hydrogen (secondary N) is 2. The molecule has 8 heteroatoms. The fraction of sp³-hybridized carbons (Fsp3) is 0.105. The van der Waals surface area contributed by atoms with Crippen molar-refractivity contribution in [3.63, 3.8) is 0 Å². The lowest BCUT2D eigenvalue weighted by molar-refractivity contribution is -0.120. The average molecular weight is 404 g/mol. The Labute approximate surface area is 165 Å². The molecule has 1 aromatic carbocycles. The van der Waals surface area contributed by atoms with Crippen LogP contribution in [0.15, 0.2) is 59.1 Å². The standard InChI is InChI=1S/C19H15Cl2N3O3/c20-13-3-1-12(2-4-13)17-6-5-15(27-17)10-23-18(25)11-24-19(26)16-9-14(21)7-8-22-16/h1-9H,10-11H2,(H,23,25)(H,24,26). The minimum atomic E-state index is -0.476. The Balaban J connectivity index is 1.48. The highest BCUT2D eigenvalue weighted by atomic mass is 35.5. The third kappa shape index (κ3) is 5.32. The van der Waals surface area contributed by atoms with Crippen LogP contribution in [0.1, 0.15) is 16.2 Å². The molecule has 0 aliphatic rings. The number of benzene rings is 1. The highest BCUT2D eigenvalue weighted by Gasteiger charge is 2.11.